The first-order valence-corrected chi connectivity index (χ1v) is 7.96. The third-order valence-corrected chi connectivity index (χ3v) is 4.53. The molecule has 114 valence electrons. The van der Waals surface area contributed by atoms with Crippen LogP contribution in [0.3, 0.4) is 0 Å². The van der Waals surface area contributed by atoms with Crippen LogP contribution in [0.15, 0.2) is 24.3 Å². The van der Waals surface area contributed by atoms with E-state index in [1.807, 2.05) is 30.3 Å². The number of nitrogens with one attached hydrogen (secondary N) is 1. The molecule has 0 amide bonds. The maximum atomic E-state index is 8.52. The van der Waals surface area contributed by atoms with Crippen LogP contribution in [0.4, 0.5) is 5.69 Å². The van der Waals surface area contributed by atoms with Gasteiger partial charge >= 0.3 is 0 Å². The Morgan fingerprint density at radius 3 is 2.62 bits per heavy atom. The van der Waals surface area contributed by atoms with Crippen molar-refractivity contribution in [2.45, 2.75) is 46.1 Å². The van der Waals surface area contributed by atoms with Crippen molar-refractivity contribution in [2.75, 3.05) is 11.9 Å². The number of nitrogens with zero attached hydrogens (tertiary/aromatic N) is 1. The molecule has 0 spiro atoms. The molecule has 1 saturated carbocycles. The number of hydrogen-bond acceptors (Lipinski definition) is 3. The molecule has 0 radical (unpaired) electrons. The number of ether oxygens (including phenoxy) is 1. The molecule has 1 N–H and O–H groups in total. The molecule has 3 atom stereocenters. The van der Waals surface area contributed by atoms with E-state index in [1.165, 1.54) is 19.3 Å². The van der Waals surface area contributed by atoms with E-state index < -0.39 is 0 Å². The summed E-state index contributed by atoms with van der Waals surface area (Å²) in [6.45, 7) is 7.11. The Morgan fingerprint density at radius 2 is 2.00 bits per heavy atom. The molecule has 0 heterocycles. The molecule has 3 heteroatoms. The van der Waals surface area contributed by atoms with Crippen molar-refractivity contribution in [3.8, 4) is 11.8 Å². The molecule has 3 nitrogen and oxygen atoms in total. The van der Waals surface area contributed by atoms with Crippen molar-refractivity contribution in [2.24, 2.45) is 17.8 Å². The third-order valence-electron chi connectivity index (χ3n) is 4.53. The lowest BCUT2D eigenvalue weighted by Crippen LogP contribution is -2.37. The Labute approximate surface area is 128 Å². The molecule has 0 aromatic heterocycles. The average molecular weight is 286 g/mol. The number of rotatable bonds is 5. The van der Waals surface area contributed by atoms with Crippen molar-refractivity contribution in [1.82, 2.24) is 0 Å². The standard InChI is InChI=1S/C18H26N2O/c1-13(2)17-9-4-14(3)12-18(17)20-15-5-7-16(8-6-15)21-11-10-19/h5-8,13-14,17-18,20H,4,9,11-12H2,1-3H3. The summed E-state index contributed by atoms with van der Waals surface area (Å²) < 4.78 is 5.29. The first-order valence-electron chi connectivity index (χ1n) is 7.96. The fraction of sp³-hybridized carbons (Fsp3) is 0.611. The van der Waals surface area contributed by atoms with Crippen molar-refractivity contribution in [1.29, 1.82) is 5.26 Å². The van der Waals surface area contributed by atoms with Crippen LogP contribution in [0, 0.1) is 29.1 Å². The molecule has 0 aliphatic heterocycles. The Hall–Kier alpha value is -1.69. The molecule has 1 fully saturated rings. The molecule has 21 heavy (non-hydrogen) atoms. The van der Waals surface area contributed by atoms with Gasteiger partial charge in [-0.25, -0.2) is 0 Å². The molecular formula is C18H26N2O. The van der Waals surface area contributed by atoms with E-state index in [4.69, 9.17) is 10.00 Å². The lowest BCUT2D eigenvalue weighted by atomic mass is 9.74. The van der Waals surface area contributed by atoms with E-state index in [-0.39, 0.29) is 6.61 Å². The van der Waals surface area contributed by atoms with Gasteiger partial charge in [0.15, 0.2) is 6.61 Å². The molecule has 1 aliphatic rings. The van der Waals surface area contributed by atoms with Crippen LogP contribution in [-0.4, -0.2) is 12.6 Å². The van der Waals surface area contributed by atoms with Gasteiger partial charge in [0.05, 0.1) is 0 Å². The maximum absolute atomic E-state index is 8.52. The first-order chi connectivity index (χ1) is 10.1. The van der Waals surface area contributed by atoms with Gasteiger partial charge in [0.25, 0.3) is 0 Å². The van der Waals surface area contributed by atoms with Gasteiger partial charge in [0.1, 0.15) is 11.8 Å². The lowest BCUT2D eigenvalue weighted by molar-refractivity contribution is 0.212. The van der Waals surface area contributed by atoms with Gasteiger partial charge in [0.2, 0.25) is 0 Å². The first kappa shape index (κ1) is 15.7. The van der Waals surface area contributed by atoms with Crippen LogP contribution in [0.5, 0.6) is 5.75 Å². The number of anilines is 1. The second-order valence-electron chi connectivity index (χ2n) is 6.55. The smallest absolute Gasteiger partial charge is 0.174 e. The molecule has 0 bridgehead atoms. The van der Waals surface area contributed by atoms with E-state index in [0.717, 1.165) is 23.3 Å². The minimum absolute atomic E-state index is 0.0995. The summed E-state index contributed by atoms with van der Waals surface area (Å²) in [5, 5.41) is 12.2. The van der Waals surface area contributed by atoms with Gasteiger partial charge in [-0.1, -0.05) is 27.2 Å². The summed E-state index contributed by atoms with van der Waals surface area (Å²) in [5.74, 6) is 3.01. The molecule has 2 rings (SSSR count). The minimum atomic E-state index is 0.0995. The van der Waals surface area contributed by atoms with Crippen LogP contribution in [-0.2, 0) is 0 Å². The van der Waals surface area contributed by atoms with Crippen molar-refractivity contribution < 1.29 is 4.74 Å². The Bertz CT molecular complexity index is 475. The highest BCUT2D eigenvalue weighted by atomic mass is 16.5. The molecule has 1 aliphatic carbocycles. The lowest BCUT2D eigenvalue weighted by Gasteiger charge is -2.38. The van der Waals surface area contributed by atoms with Gasteiger partial charge in [-0.2, -0.15) is 5.26 Å². The highest BCUT2D eigenvalue weighted by molar-refractivity contribution is 5.47. The SMILES string of the molecule is CC1CCC(C(C)C)C(Nc2ccc(OCC#N)cc2)C1. The Balaban J connectivity index is 1.99. The zero-order chi connectivity index (χ0) is 15.2. The fourth-order valence-corrected chi connectivity index (χ4v) is 3.35. The van der Waals surface area contributed by atoms with E-state index in [1.54, 1.807) is 0 Å². The van der Waals surface area contributed by atoms with Crippen LogP contribution in [0.2, 0.25) is 0 Å². The van der Waals surface area contributed by atoms with Crippen molar-refractivity contribution >= 4 is 5.69 Å². The zero-order valence-corrected chi connectivity index (χ0v) is 13.3. The second-order valence-corrected chi connectivity index (χ2v) is 6.55. The second kappa shape index (κ2) is 7.36. The molecule has 3 unspecified atom stereocenters. The molecule has 1 aromatic rings. The van der Waals surface area contributed by atoms with Crippen molar-refractivity contribution in [3.05, 3.63) is 24.3 Å². The summed E-state index contributed by atoms with van der Waals surface area (Å²) in [6, 6.07) is 10.5. The van der Waals surface area contributed by atoms with Crippen molar-refractivity contribution in [3.63, 3.8) is 0 Å². The van der Waals surface area contributed by atoms with E-state index >= 15 is 0 Å². The summed E-state index contributed by atoms with van der Waals surface area (Å²) in [6.07, 6.45) is 3.91. The van der Waals surface area contributed by atoms with Crippen LogP contribution in [0.25, 0.3) is 0 Å². The van der Waals surface area contributed by atoms with E-state index in [9.17, 15) is 0 Å². The monoisotopic (exact) mass is 286 g/mol. The van der Waals surface area contributed by atoms with Crippen LogP contribution in [0.1, 0.15) is 40.0 Å². The zero-order valence-electron chi connectivity index (χ0n) is 13.3. The number of hydrogen-bond donors (Lipinski definition) is 1. The normalized spacial score (nSPS) is 25.4. The van der Waals surface area contributed by atoms with Gasteiger partial charge in [-0.15, -0.1) is 0 Å². The van der Waals surface area contributed by atoms with Crippen LogP contribution < -0.4 is 10.1 Å². The average Bonchev–Trinajstić information content (AvgIpc) is 2.46. The third kappa shape index (κ3) is 4.39. The topological polar surface area (TPSA) is 45.0 Å². The number of benzene rings is 1. The summed E-state index contributed by atoms with van der Waals surface area (Å²) >= 11 is 0. The van der Waals surface area contributed by atoms with Gasteiger partial charge in [0, 0.05) is 11.7 Å². The Morgan fingerprint density at radius 1 is 1.29 bits per heavy atom. The summed E-state index contributed by atoms with van der Waals surface area (Å²) in [5.41, 5.74) is 1.14. The molecule has 0 saturated heterocycles. The maximum Gasteiger partial charge on any atom is 0.174 e. The molecule has 1 aromatic carbocycles. The van der Waals surface area contributed by atoms with Gasteiger partial charge in [-0.3, -0.25) is 0 Å². The van der Waals surface area contributed by atoms with Crippen LogP contribution >= 0.6 is 0 Å². The Kier molecular flexibility index (Phi) is 5.50. The predicted molar refractivity (Wildman–Crippen MR) is 86.3 cm³/mol. The van der Waals surface area contributed by atoms with E-state index in [2.05, 4.69) is 26.1 Å². The predicted octanol–water partition coefficient (Wildman–Crippen LogP) is 4.46. The van der Waals surface area contributed by atoms with Gasteiger partial charge < -0.3 is 10.1 Å². The minimum Gasteiger partial charge on any atom is -0.479 e. The van der Waals surface area contributed by atoms with Gasteiger partial charge in [-0.05, 0) is 54.9 Å². The highest BCUT2D eigenvalue weighted by Crippen LogP contribution is 2.35. The summed E-state index contributed by atoms with van der Waals surface area (Å²) in [7, 11) is 0. The largest absolute Gasteiger partial charge is 0.479 e. The highest BCUT2D eigenvalue weighted by Gasteiger charge is 2.30. The number of nitriles is 1. The van der Waals surface area contributed by atoms with E-state index in [0.29, 0.717) is 12.0 Å². The molecular weight excluding hydrogens is 260 g/mol. The summed E-state index contributed by atoms with van der Waals surface area (Å²) in [4.78, 5) is 0. The fourth-order valence-electron chi connectivity index (χ4n) is 3.35. The quantitative estimate of drug-likeness (QED) is 0.869.